The Balaban J connectivity index is 1.83. The van der Waals surface area contributed by atoms with Crippen LogP contribution in [0.2, 0.25) is 0 Å². The molecule has 0 saturated carbocycles. The van der Waals surface area contributed by atoms with Crippen LogP contribution in [0.5, 0.6) is 5.75 Å². The van der Waals surface area contributed by atoms with Crippen molar-refractivity contribution in [1.29, 1.82) is 0 Å². The van der Waals surface area contributed by atoms with E-state index in [0.29, 0.717) is 5.17 Å². The van der Waals surface area contributed by atoms with Crippen molar-refractivity contribution in [2.75, 3.05) is 6.61 Å². The largest absolute Gasteiger partial charge is 0.481 e. The van der Waals surface area contributed by atoms with Gasteiger partial charge in [-0.25, -0.2) is 0 Å². The van der Waals surface area contributed by atoms with Gasteiger partial charge in [-0.15, -0.1) is 11.5 Å². The number of terminal acetylenes is 1. The number of amidine groups is 1. The van der Waals surface area contributed by atoms with Crippen molar-refractivity contribution >= 4 is 23.1 Å². The molecule has 0 radical (unpaired) electrons. The molecule has 4 nitrogen and oxygen atoms in total. The number of benzene rings is 2. The molecule has 0 aromatic heterocycles. The maximum Gasteiger partial charge on any atom is 0.180 e. The highest BCUT2D eigenvalue weighted by atomic mass is 32.2. The molecule has 0 spiro atoms. The van der Waals surface area contributed by atoms with Crippen molar-refractivity contribution < 1.29 is 4.74 Å². The Morgan fingerprint density at radius 3 is 2.61 bits per heavy atom. The van der Waals surface area contributed by atoms with E-state index in [1.807, 2.05) is 54.6 Å². The predicted molar refractivity (Wildman–Crippen MR) is 97.7 cm³/mol. The van der Waals surface area contributed by atoms with Crippen molar-refractivity contribution in [3.8, 4) is 18.1 Å². The number of hydrogen-bond acceptors (Lipinski definition) is 4. The molecule has 0 aliphatic rings. The number of ether oxygens (including phenoxy) is 1. The van der Waals surface area contributed by atoms with Crippen LogP contribution in [0.4, 0.5) is 0 Å². The Bertz CT molecular complexity index is 703. The number of nitrogens with two attached hydrogens (primary N) is 1. The second-order valence-electron chi connectivity index (χ2n) is 4.52. The van der Waals surface area contributed by atoms with Crippen molar-refractivity contribution in [3.63, 3.8) is 0 Å². The van der Waals surface area contributed by atoms with Gasteiger partial charge in [0.05, 0.1) is 6.21 Å². The summed E-state index contributed by atoms with van der Waals surface area (Å²) in [5, 5.41) is 8.39. The summed E-state index contributed by atoms with van der Waals surface area (Å²) in [4.78, 5) is 0. The Morgan fingerprint density at radius 1 is 1.17 bits per heavy atom. The highest BCUT2D eigenvalue weighted by Gasteiger charge is 1.96. The molecule has 0 atom stereocenters. The van der Waals surface area contributed by atoms with Crippen LogP contribution >= 0.6 is 11.8 Å². The SMILES string of the molecule is C#CCOc1ccc(C=NN=C(N)SCc2ccccc2)cc1. The molecule has 23 heavy (non-hydrogen) atoms. The number of nitrogens with zero attached hydrogens (tertiary/aromatic N) is 2. The second-order valence-corrected chi connectivity index (χ2v) is 5.51. The first-order chi connectivity index (χ1) is 11.3. The summed E-state index contributed by atoms with van der Waals surface area (Å²) in [5.74, 6) is 3.91. The van der Waals surface area contributed by atoms with Gasteiger partial charge in [0, 0.05) is 5.75 Å². The van der Waals surface area contributed by atoms with Gasteiger partial charge in [0.15, 0.2) is 5.17 Å². The zero-order chi connectivity index (χ0) is 16.3. The summed E-state index contributed by atoms with van der Waals surface area (Å²) in [5.41, 5.74) is 7.93. The van der Waals surface area contributed by atoms with Gasteiger partial charge in [-0.05, 0) is 35.4 Å². The molecule has 2 rings (SSSR count). The van der Waals surface area contributed by atoms with E-state index in [0.717, 1.165) is 17.1 Å². The van der Waals surface area contributed by atoms with Crippen molar-refractivity contribution in [1.82, 2.24) is 0 Å². The molecular weight excluding hydrogens is 306 g/mol. The third-order valence-electron chi connectivity index (χ3n) is 2.79. The van der Waals surface area contributed by atoms with Crippen molar-refractivity contribution in [2.24, 2.45) is 15.9 Å². The average Bonchev–Trinajstić information content (AvgIpc) is 2.60. The summed E-state index contributed by atoms with van der Waals surface area (Å²) in [7, 11) is 0. The minimum absolute atomic E-state index is 0.257. The number of hydrogen-bond donors (Lipinski definition) is 1. The van der Waals surface area contributed by atoms with Gasteiger partial charge in [0.1, 0.15) is 12.4 Å². The molecule has 0 bridgehead atoms. The van der Waals surface area contributed by atoms with E-state index in [9.17, 15) is 0 Å². The van der Waals surface area contributed by atoms with Gasteiger partial charge in [-0.3, -0.25) is 0 Å². The highest BCUT2D eigenvalue weighted by Crippen LogP contribution is 2.12. The van der Waals surface area contributed by atoms with Gasteiger partial charge in [-0.1, -0.05) is 48.0 Å². The summed E-state index contributed by atoms with van der Waals surface area (Å²) in [6, 6.07) is 17.5. The maximum atomic E-state index is 5.83. The van der Waals surface area contributed by atoms with E-state index in [2.05, 4.69) is 16.1 Å². The molecular formula is C18H17N3OS. The Labute approximate surface area is 140 Å². The van der Waals surface area contributed by atoms with E-state index < -0.39 is 0 Å². The minimum Gasteiger partial charge on any atom is -0.481 e. The first-order valence-electron chi connectivity index (χ1n) is 6.97. The third kappa shape index (κ3) is 6.29. The first-order valence-corrected chi connectivity index (χ1v) is 7.96. The molecule has 116 valence electrons. The predicted octanol–water partition coefficient (Wildman–Crippen LogP) is 3.28. The van der Waals surface area contributed by atoms with Gasteiger partial charge in [0.2, 0.25) is 0 Å². The Kier molecular flexibility index (Phi) is 6.76. The minimum atomic E-state index is 0.257. The lowest BCUT2D eigenvalue weighted by molar-refractivity contribution is 0.370. The molecule has 2 aromatic rings. The molecule has 0 saturated heterocycles. The zero-order valence-corrected chi connectivity index (χ0v) is 13.4. The van der Waals surface area contributed by atoms with Crippen LogP contribution in [0, 0.1) is 12.3 Å². The van der Waals surface area contributed by atoms with Crippen molar-refractivity contribution in [3.05, 3.63) is 65.7 Å². The van der Waals surface area contributed by atoms with Crippen LogP contribution < -0.4 is 10.5 Å². The summed E-state index contributed by atoms with van der Waals surface area (Å²) < 4.78 is 5.30. The molecule has 2 aromatic carbocycles. The molecule has 0 aliphatic heterocycles. The van der Waals surface area contributed by atoms with E-state index in [1.165, 1.54) is 17.3 Å². The standard InChI is InChI=1S/C18H17N3OS/c1-2-12-22-17-10-8-15(9-11-17)13-20-21-18(19)23-14-16-6-4-3-5-7-16/h1,3-11,13H,12,14H2,(H2,19,21). The molecule has 0 amide bonds. The van der Waals surface area contributed by atoms with Gasteiger partial charge in [0.25, 0.3) is 0 Å². The first kappa shape index (κ1) is 16.7. The topological polar surface area (TPSA) is 60.0 Å². The van der Waals surface area contributed by atoms with E-state index >= 15 is 0 Å². The summed E-state index contributed by atoms with van der Waals surface area (Å²) >= 11 is 1.45. The molecule has 5 heteroatoms. The molecule has 0 unspecified atom stereocenters. The van der Waals surface area contributed by atoms with Crippen LogP contribution in [0.25, 0.3) is 0 Å². The van der Waals surface area contributed by atoms with Crippen LogP contribution in [0.15, 0.2) is 64.8 Å². The maximum absolute atomic E-state index is 5.83. The van der Waals surface area contributed by atoms with Crippen molar-refractivity contribution in [2.45, 2.75) is 5.75 Å². The molecule has 2 N–H and O–H groups in total. The second kappa shape index (κ2) is 9.34. The fourth-order valence-corrected chi connectivity index (χ4v) is 2.30. The average molecular weight is 323 g/mol. The van der Waals surface area contributed by atoms with Crippen LogP contribution in [-0.2, 0) is 5.75 Å². The van der Waals surface area contributed by atoms with E-state index in [4.69, 9.17) is 16.9 Å². The summed E-state index contributed by atoms with van der Waals surface area (Å²) in [6.07, 6.45) is 6.78. The summed E-state index contributed by atoms with van der Waals surface area (Å²) in [6.45, 7) is 0.257. The van der Waals surface area contributed by atoms with E-state index in [-0.39, 0.29) is 6.61 Å². The third-order valence-corrected chi connectivity index (χ3v) is 3.65. The van der Waals surface area contributed by atoms with Crippen LogP contribution in [0.3, 0.4) is 0 Å². The van der Waals surface area contributed by atoms with Gasteiger partial charge >= 0.3 is 0 Å². The molecule has 0 fully saturated rings. The fourth-order valence-electron chi connectivity index (χ4n) is 1.69. The lowest BCUT2D eigenvalue weighted by Gasteiger charge is -2.01. The molecule has 0 aliphatic carbocycles. The monoisotopic (exact) mass is 323 g/mol. The van der Waals surface area contributed by atoms with E-state index in [1.54, 1.807) is 6.21 Å². The number of rotatable bonds is 6. The fraction of sp³-hybridized carbons (Fsp3) is 0.111. The normalized spacial score (nSPS) is 11.3. The Morgan fingerprint density at radius 2 is 1.91 bits per heavy atom. The lowest BCUT2D eigenvalue weighted by Crippen LogP contribution is -2.05. The molecule has 0 heterocycles. The quantitative estimate of drug-likeness (QED) is 0.384. The Hall–Kier alpha value is -2.71. The lowest BCUT2D eigenvalue weighted by atomic mass is 10.2. The smallest absolute Gasteiger partial charge is 0.180 e. The van der Waals surface area contributed by atoms with Crippen LogP contribution in [-0.4, -0.2) is 18.0 Å². The zero-order valence-electron chi connectivity index (χ0n) is 12.6. The van der Waals surface area contributed by atoms with Crippen LogP contribution in [0.1, 0.15) is 11.1 Å². The highest BCUT2D eigenvalue weighted by molar-refractivity contribution is 8.13. The number of thioether (sulfide) groups is 1. The van der Waals surface area contributed by atoms with Gasteiger partial charge < -0.3 is 10.5 Å². The van der Waals surface area contributed by atoms with Gasteiger partial charge in [-0.2, -0.15) is 5.10 Å².